The first kappa shape index (κ1) is 13.6. The highest BCUT2D eigenvalue weighted by molar-refractivity contribution is 5.81. The summed E-state index contributed by atoms with van der Waals surface area (Å²) in [5, 5.41) is 6.59. The van der Waals surface area contributed by atoms with Crippen LogP contribution in [0.5, 0.6) is 0 Å². The Hall–Kier alpha value is -1.33. The van der Waals surface area contributed by atoms with Crippen LogP contribution < -0.4 is 10.6 Å². The summed E-state index contributed by atoms with van der Waals surface area (Å²) in [5.41, 5.74) is 0. The number of nitrogens with zero attached hydrogens (tertiary/aromatic N) is 1. The molecule has 20 heavy (non-hydrogen) atoms. The zero-order valence-corrected chi connectivity index (χ0v) is 12.0. The predicted molar refractivity (Wildman–Crippen MR) is 76.2 cm³/mol. The van der Waals surface area contributed by atoms with Crippen molar-refractivity contribution in [1.82, 2.24) is 15.5 Å². The Bertz CT molecular complexity index is 446. The van der Waals surface area contributed by atoms with Crippen molar-refractivity contribution < 1.29 is 9.21 Å². The van der Waals surface area contributed by atoms with E-state index in [2.05, 4.69) is 15.5 Å². The number of fused-ring (bicyclic) bond motifs is 2. The zero-order valence-electron chi connectivity index (χ0n) is 12.0. The summed E-state index contributed by atoms with van der Waals surface area (Å²) in [6, 6.07) is 4.85. The van der Waals surface area contributed by atoms with Crippen molar-refractivity contribution >= 4 is 5.91 Å². The van der Waals surface area contributed by atoms with Gasteiger partial charge in [0.1, 0.15) is 5.76 Å². The van der Waals surface area contributed by atoms with Crippen molar-refractivity contribution in [1.29, 1.82) is 0 Å². The van der Waals surface area contributed by atoms with E-state index in [1.165, 1.54) is 12.8 Å². The quantitative estimate of drug-likeness (QED) is 0.865. The third kappa shape index (κ3) is 3.04. The van der Waals surface area contributed by atoms with Gasteiger partial charge in [0.2, 0.25) is 5.91 Å². The number of hydrogen-bond donors (Lipinski definition) is 2. The molecule has 0 saturated carbocycles. The summed E-state index contributed by atoms with van der Waals surface area (Å²) in [7, 11) is 0. The lowest BCUT2D eigenvalue weighted by Crippen LogP contribution is -2.48. The number of hydrogen-bond acceptors (Lipinski definition) is 4. The van der Waals surface area contributed by atoms with Crippen LogP contribution in [0.4, 0.5) is 0 Å². The molecule has 2 bridgehead atoms. The van der Waals surface area contributed by atoms with E-state index in [1.807, 2.05) is 19.1 Å². The van der Waals surface area contributed by atoms with E-state index >= 15 is 0 Å². The lowest BCUT2D eigenvalue weighted by Gasteiger charge is -2.29. The summed E-state index contributed by atoms with van der Waals surface area (Å²) in [6.07, 6.45) is 5.30. The zero-order chi connectivity index (χ0) is 13.9. The van der Waals surface area contributed by atoms with E-state index in [9.17, 15) is 4.79 Å². The molecular weight excluding hydrogens is 254 g/mol. The Morgan fingerprint density at radius 1 is 1.50 bits per heavy atom. The normalized spacial score (nSPS) is 28.1. The maximum atomic E-state index is 12.2. The van der Waals surface area contributed by atoms with Crippen LogP contribution in [0.1, 0.15) is 31.9 Å². The van der Waals surface area contributed by atoms with E-state index < -0.39 is 0 Å². The van der Waals surface area contributed by atoms with Gasteiger partial charge in [0.25, 0.3) is 0 Å². The molecule has 1 aromatic heterocycles. The lowest BCUT2D eigenvalue weighted by atomic mass is 10.1. The van der Waals surface area contributed by atoms with Crippen molar-refractivity contribution in [2.45, 2.75) is 50.9 Å². The molecule has 3 unspecified atom stereocenters. The second-order valence-electron chi connectivity index (χ2n) is 5.89. The van der Waals surface area contributed by atoms with E-state index in [0.717, 1.165) is 25.3 Å². The van der Waals surface area contributed by atoms with Gasteiger partial charge in [-0.1, -0.05) is 0 Å². The summed E-state index contributed by atoms with van der Waals surface area (Å²) < 4.78 is 5.23. The van der Waals surface area contributed by atoms with Gasteiger partial charge in [-0.05, 0) is 38.3 Å². The predicted octanol–water partition coefficient (Wildman–Crippen LogP) is 1.11. The van der Waals surface area contributed by atoms with Gasteiger partial charge in [0.15, 0.2) is 0 Å². The third-order valence-electron chi connectivity index (χ3n) is 4.50. The second-order valence-corrected chi connectivity index (χ2v) is 5.89. The summed E-state index contributed by atoms with van der Waals surface area (Å²) in [5.74, 6) is 0.876. The average molecular weight is 277 g/mol. The molecule has 1 aromatic rings. The first-order chi connectivity index (χ1) is 9.72. The van der Waals surface area contributed by atoms with E-state index in [1.54, 1.807) is 6.26 Å². The van der Waals surface area contributed by atoms with Crippen LogP contribution in [-0.2, 0) is 11.3 Å². The molecule has 0 spiro atoms. The van der Waals surface area contributed by atoms with E-state index in [-0.39, 0.29) is 11.9 Å². The largest absolute Gasteiger partial charge is 0.467 e. The Morgan fingerprint density at radius 2 is 2.35 bits per heavy atom. The Balaban J connectivity index is 1.52. The molecule has 5 nitrogen and oxygen atoms in total. The molecule has 110 valence electrons. The molecule has 5 heteroatoms. The van der Waals surface area contributed by atoms with Crippen molar-refractivity contribution in [3.8, 4) is 0 Å². The first-order valence-corrected chi connectivity index (χ1v) is 7.52. The molecule has 2 N–H and O–H groups in total. The van der Waals surface area contributed by atoms with Crippen LogP contribution in [0.3, 0.4) is 0 Å². The van der Waals surface area contributed by atoms with Crippen LogP contribution in [0.15, 0.2) is 22.8 Å². The number of nitrogens with one attached hydrogen (secondary N) is 2. The standard InChI is InChI=1S/C15H23N3O2/c1-11(15(19)16-9-14-3-2-8-20-14)18-7-6-12-4-5-13(10-18)17-12/h2-3,8,11-13,17H,4-7,9-10H2,1H3,(H,16,19). The van der Waals surface area contributed by atoms with Gasteiger partial charge in [-0.3, -0.25) is 9.69 Å². The smallest absolute Gasteiger partial charge is 0.237 e. The van der Waals surface area contributed by atoms with Gasteiger partial charge >= 0.3 is 0 Å². The molecule has 2 aliphatic rings. The number of carbonyl (C=O) groups is 1. The molecule has 0 aromatic carbocycles. The van der Waals surface area contributed by atoms with Gasteiger partial charge in [-0.2, -0.15) is 0 Å². The first-order valence-electron chi connectivity index (χ1n) is 7.52. The minimum absolute atomic E-state index is 0.0777. The van der Waals surface area contributed by atoms with E-state index in [0.29, 0.717) is 18.6 Å². The monoisotopic (exact) mass is 277 g/mol. The SMILES string of the molecule is CC(C(=O)NCc1ccco1)N1CCC2CCC(C1)N2. The van der Waals surface area contributed by atoms with Crippen LogP contribution in [0.25, 0.3) is 0 Å². The fourth-order valence-electron chi connectivity index (χ4n) is 3.22. The van der Waals surface area contributed by atoms with Crippen molar-refractivity contribution in [3.63, 3.8) is 0 Å². The number of amides is 1. The molecule has 0 aliphatic carbocycles. The average Bonchev–Trinajstić information content (AvgIpc) is 3.05. The fraction of sp³-hybridized carbons (Fsp3) is 0.667. The van der Waals surface area contributed by atoms with Crippen LogP contribution in [0.2, 0.25) is 0 Å². The number of furan rings is 1. The molecule has 2 aliphatic heterocycles. The summed E-state index contributed by atoms with van der Waals surface area (Å²) in [4.78, 5) is 14.5. The molecule has 2 fully saturated rings. The van der Waals surface area contributed by atoms with Gasteiger partial charge in [-0.15, -0.1) is 0 Å². The minimum Gasteiger partial charge on any atom is -0.467 e. The third-order valence-corrected chi connectivity index (χ3v) is 4.50. The second kappa shape index (κ2) is 5.97. The van der Waals surface area contributed by atoms with Gasteiger partial charge < -0.3 is 15.1 Å². The van der Waals surface area contributed by atoms with Crippen molar-refractivity contribution in [2.75, 3.05) is 13.1 Å². The molecular formula is C15H23N3O2. The Kier molecular flexibility index (Phi) is 4.08. The fourth-order valence-corrected chi connectivity index (χ4v) is 3.22. The highest BCUT2D eigenvalue weighted by atomic mass is 16.3. The summed E-state index contributed by atoms with van der Waals surface area (Å²) in [6.45, 7) is 4.44. The number of rotatable bonds is 4. The molecule has 3 atom stereocenters. The number of carbonyl (C=O) groups excluding carboxylic acids is 1. The maximum Gasteiger partial charge on any atom is 0.237 e. The molecule has 2 saturated heterocycles. The van der Waals surface area contributed by atoms with Gasteiger partial charge in [0, 0.05) is 25.2 Å². The molecule has 3 rings (SSSR count). The van der Waals surface area contributed by atoms with Crippen LogP contribution in [-0.4, -0.2) is 42.0 Å². The molecule has 3 heterocycles. The summed E-state index contributed by atoms with van der Waals surface area (Å²) >= 11 is 0. The van der Waals surface area contributed by atoms with Crippen molar-refractivity contribution in [3.05, 3.63) is 24.2 Å². The van der Waals surface area contributed by atoms with Crippen molar-refractivity contribution in [2.24, 2.45) is 0 Å². The maximum absolute atomic E-state index is 12.2. The molecule has 1 amide bonds. The number of likely N-dealkylation sites (tertiary alicyclic amines) is 1. The lowest BCUT2D eigenvalue weighted by molar-refractivity contribution is -0.126. The van der Waals surface area contributed by atoms with Gasteiger partial charge in [-0.25, -0.2) is 0 Å². The molecule has 0 radical (unpaired) electrons. The highest BCUT2D eigenvalue weighted by Crippen LogP contribution is 2.21. The van der Waals surface area contributed by atoms with Crippen LogP contribution in [0, 0.1) is 0 Å². The topological polar surface area (TPSA) is 57.5 Å². The van der Waals surface area contributed by atoms with Crippen LogP contribution >= 0.6 is 0 Å². The van der Waals surface area contributed by atoms with E-state index in [4.69, 9.17) is 4.42 Å². The Labute approximate surface area is 119 Å². The minimum atomic E-state index is -0.0777. The Morgan fingerprint density at radius 3 is 3.15 bits per heavy atom. The highest BCUT2D eigenvalue weighted by Gasteiger charge is 2.32. The van der Waals surface area contributed by atoms with Gasteiger partial charge in [0.05, 0.1) is 18.8 Å².